The fourth-order valence-corrected chi connectivity index (χ4v) is 2.49. The van der Waals surface area contributed by atoms with Crippen LogP contribution in [0.1, 0.15) is 36.2 Å². The lowest BCUT2D eigenvalue weighted by Crippen LogP contribution is -2.30. The minimum Gasteiger partial charge on any atom is -0.497 e. The molecule has 0 aliphatic carbocycles. The molecule has 5 nitrogen and oxygen atoms in total. The summed E-state index contributed by atoms with van der Waals surface area (Å²) in [6.45, 7) is 4.02. The van der Waals surface area contributed by atoms with Crippen LogP contribution in [0.5, 0.6) is 11.5 Å². The second kappa shape index (κ2) is 8.34. The van der Waals surface area contributed by atoms with E-state index in [2.05, 4.69) is 10.3 Å². The minimum absolute atomic E-state index is 0.0623. The first-order valence-electron chi connectivity index (χ1n) is 8.00. The number of amides is 1. The van der Waals surface area contributed by atoms with E-state index in [0.717, 1.165) is 23.2 Å². The van der Waals surface area contributed by atoms with Crippen molar-refractivity contribution in [2.24, 2.45) is 0 Å². The monoisotopic (exact) mass is 328 g/mol. The number of carbonyl (C=O) groups is 1. The highest BCUT2D eigenvalue weighted by atomic mass is 16.5. The van der Waals surface area contributed by atoms with Crippen molar-refractivity contribution in [1.82, 2.24) is 10.3 Å². The fraction of sp³-hybridized carbons (Fsp3) is 0.368. The molecule has 0 aliphatic heterocycles. The summed E-state index contributed by atoms with van der Waals surface area (Å²) >= 11 is 0. The molecule has 0 fully saturated rings. The molecule has 1 atom stereocenters. The van der Waals surface area contributed by atoms with Gasteiger partial charge < -0.3 is 14.8 Å². The molecule has 0 saturated carbocycles. The minimum atomic E-state index is -0.0951. The Balaban J connectivity index is 2.07. The third kappa shape index (κ3) is 4.47. The molecule has 0 aliphatic rings. The number of methoxy groups -OCH3 is 2. The van der Waals surface area contributed by atoms with Gasteiger partial charge in [-0.25, -0.2) is 0 Å². The highest BCUT2D eigenvalue weighted by Crippen LogP contribution is 2.25. The van der Waals surface area contributed by atoms with E-state index in [0.29, 0.717) is 11.5 Å². The number of carbonyl (C=O) groups excluding carboxylic acids is 1. The van der Waals surface area contributed by atoms with E-state index in [1.54, 1.807) is 20.3 Å². The number of aryl methyl sites for hydroxylation is 1. The van der Waals surface area contributed by atoms with Gasteiger partial charge in [-0.15, -0.1) is 0 Å². The van der Waals surface area contributed by atoms with E-state index in [-0.39, 0.29) is 18.4 Å². The topological polar surface area (TPSA) is 60.5 Å². The summed E-state index contributed by atoms with van der Waals surface area (Å²) in [6, 6.07) is 9.32. The van der Waals surface area contributed by atoms with Crippen LogP contribution in [-0.4, -0.2) is 25.1 Å². The molecule has 2 aromatic rings. The van der Waals surface area contributed by atoms with Crippen LogP contribution in [0.2, 0.25) is 0 Å². The first-order valence-corrected chi connectivity index (χ1v) is 8.00. The highest BCUT2D eigenvalue weighted by Gasteiger charge is 2.16. The van der Waals surface area contributed by atoms with Crippen molar-refractivity contribution in [3.63, 3.8) is 0 Å². The van der Waals surface area contributed by atoms with Crippen molar-refractivity contribution in [2.45, 2.75) is 32.7 Å². The van der Waals surface area contributed by atoms with Crippen LogP contribution in [0, 0.1) is 6.92 Å². The number of hydrogen-bond acceptors (Lipinski definition) is 4. The Bertz CT molecular complexity index is 684. The number of rotatable bonds is 7. The zero-order valence-corrected chi connectivity index (χ0v) is 14.6. The van der Waals surface area contributed by atoms with E-state index in [1.165, 1.54) is 0 Å². The number of aromatic nitrogens is 1. The fourth-order valence-electron chi connectivity index (χ4n) is 2.49. The van der Waals surface area contributed by atoms with E-state index < -0.39 is 0 Å². The quantitative estimate of drug-likeness (QED) is 0.848. The molecule has 5 heteroatoms. The number of benzene rings is 1. The van der Waals surface area contributed by atoms with Gasteiger partial charge in [-0.1, -0.05) is 19.1 Å². The summed E-state index contributed by atoms with van der Waals surface area (Å²) in [5.41, 5.74) is 2.79. The zero-order valence-electron chi connectivity index (χ0n) is 14.6. The Labute approximate surface area is 143 Å². The molecule has 1 aromatic carbocycles. The van der Waals surface area contributed by atoms with Gasteiger partial charge in [0.25, 0.3) is 0 Å². The molecule has 0 spiro atoms. The third-order valence-electron chi connectivity index (χ3n) is 3.88. The van der Waals surface area contributed by atoms with Gasteiger partial charge >= 0.3 is 0 Å². The molecule has 2 rings (SSSR count). The normalized spacial score (nSPS) is 11.7. The molecular formula is C19H24N2O3. The Hall–Kier alpha value is -2.56. The second-order valence-corrected chi connectivity index (χ2v) is 5.64. The van der Waals surface area contributed by atoms with Gasteiger partial charge in [-0.2, -0.15) is 0 Å². The largest absolute Gasteiger partial charge is 0.497 e. The molecule has 1 amide bonds. The van der Waals surface area contributed by atoms with Gasteiger partial charge in [0.15, 0.2) is 0 Å². The van der Waals surface area contributed by atoms with Crippen molar-refractivity contribution in [3.8, 4) is 11.5 Å². The van der Waals surface area contributed by atoms with Crippen LogP contribution in [0.4, 0.5) is 0 Å². The SMILES string of the molecule is CC[C@H](NC(=O)Cc1ccc(OC)cc1OC)c1ccc(C)cn1. The van der Waals surface area contributed by atoms with E-state index >= 15 is 0 Å². The molecule has 24 heavy (non-hydrogen) atoms. The predicted molar refractivity (Wildman–Crippen MR) is 93.4 cm³/mol. The summed E-state index contributed by atoms with van der Waals surface area (Å²) in [7, 11) is 3.18. The number of hydrogen-bond donors (Lipinski definition) is 1. The van der Waals surface area contributed by atoms with Gasteiger partial charge in [-0.05, 0) is 31.0 Å². The summed E-state index contributed by atoms with van der Waals surface area (Å²) in [4.78, 5) is 16.8. The lowest BCUT2D eigenvalue weighted by atomic mass is 10.1. The molecular weight excluding hydrogens is 304 g/mol. The van der Waals surface area contributed by atoms with Crippen molar-refractivity contribution in [3.05, 3.63) is 53.3 Å². The maximum absolute atomic E-state index is 12.4. The van der Waals surface area contributed by atoms with Gasteiger partial charge in [0, 0.05) is 17.8 Å². The molecule has 0 unspecified atom stereocenters. The summed E-state index contributed by atoms with van der Waals surface area (Å²) in [5.74, 6) is 1.28. The van der Waals surface area contributed by atoms with Crippen molar-refractivity contribution in [1.29, 1.82) is 0 Å². The Morgan fingerprint density at radius 1 is 1.21 bits per heavy atom. The second-order valence-electron chi connectivity index (χ2n) is 5.64. The molecule has 1 heterocycles. The van der Waals surface area contributed by atoms with Gasteiger partial charge in [0.2, 0.25) is 5.91 Å². The molecule has 0 bridgehead atoms. The van der Waals surface area contributed by atoms with Gasteiger partial charge in [0.05, 0.1) is 32.4 Å². The third-order valence-corrected chi connectivity index (χ3v) is 3.88. The lowest BCUT2D eigenvalue weighted by Gasteiger charge is -2.17. The van der Waals surface area contributed by atoms with Gasteiger partial charge in [0.1, 0.15) is 11.5 Å². The molecule has 1 N–H and O–H groups in total. The van der Waals surface area contributed by atoms with Crippen LogP contribution < -0.4 is 14.8 Å². The Morgan fingerprint density at radius 3 is 2.58 bits per heavy atom. The number of nitrogens with one attached hydrogen (secondary N) is 1. The average molecular weight is 328 g/mol. The summed E-state index contributed by atoms with van der Waals surface area (Å²) in [5, 5.41) is 3.04. The molecule has 1 aromatic heterocycles. The standard InChI is InChI=1S/C19H24N2O3/c1-5-16(17-9-6-13(2)12-20-17)21-19(22)10-14-7-8-15(23-3)11-18(14)24-4/h6-9,11-12,16H,5,10H2,1-4H3,(H,21,22)/t16-/m0/s1. The highest BCUT2D eigenvalue weighted by molar-refractivity contribution is 5.79. The van der Waals surface area contributed by atoms with Crippen LogP contribution >= 0.6 is 0 Å². The summed E-state index contributed by atoms with van der Waals surface area (Å²) in [6.07, 6.45) is 2.84. The first kappa shape index (κ1) is 17.8. The maximum atomic E-state index is 12.4. The van der Waals surface area contributed by atoms with Crippen molar-refractivity contribution >= 4 is 5.91 Å². The van der Waals surface area contributed by atoms with Crippen molar-refractivity contribution < 1.29 is 14.3 Å². The van der Waals surface area contributed by atoms with E-state index in [4.69, 9.17) is 9.47 Å². The number of nitrogens with zero attached hydrogens (tertiary/aromatic N) is 1. The zero-order chi connectivity index (χ0) is 17.5. The molecule has 128 valence electrons. The predicted octanol–water partition coefficient (Wildman–Crippen LogP) is 3.22. The van der Waals surface area contributed by atoms with Crippen LogP contribution in [0.25, 0.3) is 0 Å². The smallest absolute Gasteiger partial charge is 0.225 e. The van der Waals surface area contributed by atoms with Crippen LogP contribution in [-0.2, 0) is 11.2 Å². The first-order chi connectivity index (χ1) is 11.6. The van der Waals surface area contributed by atoms with Crippen LogP contribution in [0.15, 0.2) is 36.5 Å². The summed E-state index contributed by atoms with van der Waals surface area (Å²) < 4.78 is 10.5. The molecule has 0 saturated heterocycles. The van der Waals surface area contributed by atoms with Crippen molar-refractivity contribution in [2.75, 3.05) is 14.2 Å². The van der Waals surface area contributed by atoms with E-state index in [9.17, 15) is 4.79 Å². The maximum Gasteiger partial charge on any atom is 0.225 e. The average Bonchev–Trinajstić information content (AvgIpc) is 2.60. The van der Waals surface area contributed by atoms with E-state index in [1.807, 2.05) is 44.3 Å². The number of pyridine rings is 1. The number of ether oxygens (including phenoxy) is 2. The Morgan fingerprint density at radius 2 is 2.00 bits per heavy atom. The Kier molecular flexibility index (Phi) is 6.18. The lowest BCUT2D eigenvalue weighted by molar-refractivity contribution is -0.121. The van der Waals surface area contributed by atoms with Crippen LogP contribution in [0.3, 0.4) is 0 Å². The molecule has 0 radical (unpaired) electrons. The van der Waals surface area contributed by atoms with Gasteiger partial charge in [-0.3, -0.25) is 9.78 Å².